The lowest BCUT2D eigenvalue weighted by atomic mass is 9.44. The van der Waals surface area contributed by atoms with E-state index in [0.717, 1.165) is 11.4 Å². The zero-order valence-electron chi connectivity index (χ0n) is 28.6. The Bertz CT molecular complexity index is 3040. The van der Waals surface area contributed by atoms with Gasteiger partial charge in [0, 0.05) is 64.9 Å². The summed E-state index contributed by atoms with van der Waals surface area (Å²) in [7, 11) is 0. The third-order valence-electron chi connectivity index (χ3n) is 11.3. The van der Waals surface area contributed by atoms with E-state index < -0.39 is 0 Å². The number of hydrogen-bond acceptors (Lipinski definition) is 3. The topological polar surface area (TPSA) is 11.4 Å². The number of anilines is 5. The Balaban J connectivity index is 1.33. The molecule has 53 heavy (non-hydrogen) atoms. The van der Waals surface area contributed by atoms with Crippen LogP contribution in [-0.4, -0.2) is 11.4 Å². The summed E-state index contributed by atoms with van der Waals surface area (Å²) in [5.41, 5.74) is 14.9. The van der Waals surface area contributed by atoms with Crippen LogP contribution in [0.5, 0.6) is 0 Å². The summed E-state index contributed by atoms with van der Waals surface area (Å²) in [5.74, 6) is 0. The van der Waals surface area contributed by atoms with Gasteiger partial charge in [-0.1, -0.05) is 115 Å². The van der Waals surface area contributed by atoms with Gasteiger partial charge >= 0.3 is 6.85 Å². The summed E-state index contributed by atoms with van der Waals surface area (Å²) in [6.07, 6.45) is 0. The number of fused-ring (bicyclic) bond motifs is 12. The van der Waals surface area contributed by atoms with E-state index in [9.17, 15) is 0 Å². The quantitative estimate of drug-likeness (QED) is 0.170. The largest absolute Gasteiger partial charge is 0.376 e. The van der Waals surface area contributed by atoms with Gasteiger partial charge in [0.15, 0.2) is 0 Å². The van der Waals surface area contributed by atoms with Gasteiger partial charge in [-0.15, -0.1) is 11.3 Å². The molecular formula is C48H30BN3S. The number of hydrogen-bond donors (Lipinski definition) is 0. The Labute approximate surface area is 311 Å². The lowest BCUT2D eigenvalue weighted by Crippen LogP contribution is -2.60. The van der Waals surface area contributed by atoms with Crippen LogP contribution in [0.4, 0.5) is 28.4 Å². The molecule has 12 rings (SSSR count). The van der Waals surface area contributed by atoms with Gasteiger partial charge in [0.2, 0.25) is 0 Å². The molecule has 2 aromatic heterocycles. The fourth-order valence-corrected chi connectivity index (χ4v) is 10.4. The van der Waals surface area contributed by atoms with Gasteiger partial charge in [-0.25, -0.2) is 0 Å². The number of aromatic nitrogens is 1. The second-order valence-electron chi connectivity index (χ2n) is 14.0. The summed E-state index contributed by atoms with van der Waals surface area (Å²) in [5, 5.41) is 5.16. The van der Waals surface area contributed by atoms with Crippen LogP contribution < -0.4 is 20.6 Å². The van der Waals surface area contributed by atoms with Gasteiger partial charge in [0.25, 0.3) is 0 Å². The number of thiophene rings is 1. The van der Waals surface area contributed by atoms with Crippen molar-refractivity contribution in [3.8, 4) is 16.8 Å². The van der Waals surface area contributed by atoms with Crippen molar-refractivity contribution in [1.29, 1.82) is 0 Å². The first-order valence-corrected chi connectivity index (χ1v) is 19.1. The molecule has 0 unspecified atom stereocenters. The van der Waals surface area contributed by atoms with Crippen LogP contribution in [0.15, 0.2) is 182 Å². The molecule has 0 bridgehead atoms. The molecule has 0 N–H and O–H groups in total. The predicted molar refractivity (Wildman–Crippen MR) is 227 cm³/mol. The molecule has 5 heteroatoms. The molecule has 246 valence electrons. The average molecular weight is 692 g/mol. The van der Waals surface area contributed by atoms with E-state index in [1.54, 1.807) is 0 Å². The van der Waals surface area contributed by atoms with Gasteiger partial charge in [-0.2, -0.15) is 0 Å². The maximum atomic E-state index is 2.66. The fraction of sp³-hybridized carbons (Fsp3) is 0. The highest BCUT2D eigenvalue weighted by Gasteiger charge is 2.45. The molecular weight excluding hydrogens is 661 g/mol. The Morgan fingerprint density at radius 3 is 1.92 bits per heavy atom. The Hall–Kier alpha value is -6.56. The van der Waals surface area contributed by atoms with Gasteiger partial charge in [-0.3, -0.25) is 0 Å². The molecule has 2 aliphatic heterocycles. The van der Waals surface area contributed by atoms with E-state index >= 15 is 0 Å². The van der Waals surface area contributed by atoms with Crippen molar-refractivity contribution in [2.45, 2.75) is 0 Å². The highest BCUT2D eigenvalue weighted by atomic mass is 32.1. The van der Waals surface area contributed by atoms with Crippen molar-refractivity contribution in [3.05, 3.63) is 182 Å². The maximum Gasteiger partial charge on any atom is 0.333 e. The van der Waals surface area contributed by atoms with E-state index in [1.165, 1.54) is 86.8 Å². The second kappa shape index (κ2) is 11.0. The van der Waals surface area contributed by atoms with Crippen LogP contribution in [0.25, 0.3) is 58.8 Å². The van der Waals surface area contributed by atoms with Gasteiger partial charge in [0.1, 0.15) is 0 Å². The molecule has 2 aliphatic rings. The molecule has 8 aromatic carbocycles. The van der Waals surface area contributed by atoms with Crippen molar-refractivity contribution < 1.29 is 0 Å². The molecule has 0 radical (unpaired) electrons. The van der Waals surface area contributed by atoms with E-state index in [1.807, 2.05) is 11.3 Å². The minimum Gasteiger partial charge on any atom is -0.376 e. The normalized spacial score (nSPS) is 12.8. The molecule has 4 heterocycles. The number of nitrogens with zero attached hydrogens (tertiary/aromatic N) is 3. The minimum atomic E-state index is -0.0457. The fourth-order valence-electron chi connectivity index (χ4n) is 9.28. The third-order valence-corrected chi connectivity index (χ3v) is 12.4. The summed E-state index contributed by atoms with van der Waals surface area (Å²) in [6.45, 7) is -0.0457. The van der Waals surface area contributed by atoms with Gasteiger partial charge < -0.3 is 14.3 Å². The van der Waals surface area contributed by atoms with E-state index in [-0.39, 0.29) is 6.85 Å². The monoisotopic (exact) mass is 691 g/mol. The maximum absolute atomic E-state index is 2.66. The molecule has 0 fully saturated rings. The van der Waals surface area contributed by atoms with Crippen molar-refractivity contribution in [3.63, 3.8) is 0 Å². The van der Waals surface area contributed by atoms with E-state index in [2.05, 4.69) is 196 Å². The Kier molecular flexibility index (Phi) is 6.02. The lowest BCUT2D eigenvalue weighted by molar-refractivity contribution is 1.18. The first kappa shape index (κ1) is 29.1. The van der Waals surface area contributed by atoms with Crippen LogP contribution in [0, 0.1) is 0 Å². The molecule has 3 nitrogen and oxygen atoms in total. The van der Waals surface area contributed by atoms with Crippen LogP contribution in [0.2, 0.25) is 0 Å². The second-order valence-corrected chi connectivity index (χ2v) is 15.1. The Morgan fingerprint density at radius 1 is 0.509 bits per heavy atom. The molecule has 0 atom stereocenters. The first-order chi connectivity index (χ1) is 26.3. The molecule has 0 spiro atoms. The average Bonchev–Trinajstić information content (AvgIpc) is 3.79. The van der Waals surface area contributed by atoms with Gasteiger partial charge in [-0.05, 0) is 83.2 Å². The predicted octanol–water partition coefficient (Wildman–Crippen LogP) is 11.9. The van der Waals surface area contributed by atoms with Gasteiger partial charge in [0.05, 0.1) is 16.7 Å². The zero-order chi connectivity index (χ0) is 34.6. The molecule has 0 saturated carbocycles. The molecule has 0 saturated heterocycles. The lowest BCUT2D eigenvalue weighted by Gasteiger charge is -2.43. The van der Waals surface area contributed by atoms with Crippen LogP contribution in [-0.2, 0) is 0 Å². The highest BCUT2D eigenvalue weighted by molar-refractivity contribution is 7.26. The van der Waals surface area contributed by atoms with E-state index in [4.69, 9.17) is 0 Å². The smallest absolute Gasteiger partial charge is 0.333 e. The van der Waals surface area contributed by atoms with Crippen LogP contribution in [0.1, 0.15) is 0 Å². The Morgan fingerprint density at radius 2 is 1.15 bits per heavy atom. The zero-order valence-corrected chi connectivity index (χ0v) is 29.5. The summed E-state index contributed by atoms with van der Waals surface area (Å²) in [6, 6.07) is 67.0. The molecule has 0 amide bonds. The summed E-state index contributed by atoms with van der Waals surface area (Å²) in [4.78, 5) is 5.12. The molecule has 10 aromatic rings. The summed E-state index contributed by atoms with van der Waals surface area (Å²) >= 11 is 1.89. The minimum absolute atomic E-state index is 0.0457. The third kappa shape index (κ3) is 3.95. The first-order valence-electron chi connectivity index (χ1n) is 18.2. The van der Waals surface area contributed by atoms with Crippen LogP contribution >= 0.6 is 11.3 Å². The van der Waals surface area contributed by atoms with E-state index in [0.29, 0.717) is 0 Å². The summed E-state index contributed by atoms with van der Waals surface area (Å²) < 4.78 is 5.18. The number of para-hydroxylation sites is 5. The van der Waals surface area contributed by atoms with Crippen molar-refractivity contribution in [2.24, 2.45) is 0 Å². The molecule has 0 aliphatic carbocycles. The van der Waals surface area contributed by atoms with Crippen LogP contribution in [0.3, 0.4) is 0 Å². The number of benzene rings is 8. The highest BCUT2D eigenvalue weighted by Crippen LogP contribution is 2.53. The van der Waals surface area contributed by atoms with Crippen molar-refractivity contribution >= 4 is 99.5 Å². The standard InChI is InChI=1S/C48H30BN3S/c1-4-16-31(17-5-1)50(32-18-6-2-7-19-32)41-30-37-34-28-29-43-45(36-23-11-15-27-42(36)53-43)47(34)52(33-20-8-3-9-21-33)49-38-24-12-14-26-40(38)51-39-25-13-10-22-35(39)44(41)48(51)46(37)49/h1-30H. The van der Waals surface area contributed by atoms with Crippen molar-refractivity contribution in [1.82, 2.24) is 4.57 Å². The van der Waals surface area contributed by atoms with Crippen molar-refractivity contribution in [2.75, 3.05) is 9.71 Å². The number of rotatable bonds is 4. The SMILES string of the molecule is c1ccc(N2B3c4ccccc4-n4c5ccccc5c5c(N(c6ccccc6)c6ccccc6)cc(c3c54)-c3ccc4sc5ccccc5c4c32)cc1.